The van der Waals surface area contributed by atoms with Crippen molar-refractivity contribution in [3.05, 3.63) is 81.1 Å². The van der Waals surface area contributed by atoms with Gasteiger partial charge in [0.15, 0.2) is 0 Å². The van der Waals surface area contributed by atoms with Crippen LogP contribution >= 0.6 is 34.8 Å². The topological polar surface area (TPSA) is 48.5 Å². The van der Waals surface area contributed by atoms with Crippen LogP contribution in [0.15, 0.2) is 54.9 Å². The first-order valence-corrected chi connectivity index (χ1v) is 10.5. The van der Waals surface area contributed by atoms with Gasteiger partial charge in [-0.05, 0) is 36.2 Å². The minimum absolute atomic E-state index is 0.226. The molecule has 4 rings (SSSR count). The lowest BCUT2D eigenvalue weighted by Gasteiger charge is -2.25. The maximum atomic E-state index is 13.1. The quantitative estimate of drug-likeness (QED) is 0.480. The van der Waals surface area contributed by atoms with Crippen LogP contribution in [0, 0.1) is 6.92 Å². The number of para-hydroxylation sites is 1. The number of anilines is 3. The summed E-state index contributed by atoms with van der Waals surface area (Å²) in [6.45, 7) is 3.50. The van der Waals surface area contributed by atoms with Crippen LogP contribution in [0.3, 0.4) is 0 Å². The molecule has 30 heavy (non-hydrogen) atoms. The van der Waals surface area contributed by atoms with E-state index in [4.69, 9.17) is 34.8 Å². The lowest BCUT2D eigenvalue weighted by atomic mass is 10.1. The second kappa shape index (κ2) is 8.72. The number of aryl methyl sites for hydroxylation is 1. The largest absolute Gasteiger partial charge is 0.363 e. The molecular weight excluding hydrogens is 443 g/mol. The summed E-state index contributed by atoms with van der Waals surface area (Å²) in [5.41, 5.74) is 4.16. The third-order valence-corrected chi connectivity index (χ3v) is 6.01. The van der Waals surface area contributed by atoms with Gasteiger partial charge in [0.2, 0.25) is 0 Å². The van der Waals surface area contributed by atoms with Crippen molar-refractivity contribution in [3.63, 3.8) is 0 Å². The first-order valence-electron chi connectivity index (χ1n) is 9.40. The zero-order valence-electron chi connectivity index (χ0n) is 16.2. The van der Waals surface area contributed by atoms with E-state index < -0.39 is 0 Å². The van der Waals surface area contributed by atoms with Crippen LogP contribution in [0.25, 0.3) is 0 Å². The number of urea groups is 1. The average Bonchev–Trinajstić information content (AvgIpc) is 2.90. The van der Waals surface area contributed by atoms with Crippen LogP contribution < -0.4 is 15.1 Å². The highest BCUT2D eigenvalue weighted by atomic mass is 35.5. The molecule has 3 aromatic rings. The Morgan fingerprint density at radius 1 is 1.00 bits per heavy atom. The number of carbonyl (C=O) groups is 1. The number of nitrogens with one attached hydrogen (secondary N) is 1. The molecule has 0 bridgehead atoms. The molecule has 1 aliphatic heterocycles. The van der Waals surface area contributed by atoms with E-state index in [0.717, 1.165) is 22.5 Å². The monoisotopic (exact) mass is 460 g/mol. The molecule has 2 aromatic carbocycles. The van der Waals surface area contributed by atoms with Crippen LogP contribution in [-0.4, -0.2) is 24.1 Å². The van der Waals surface area contributed by atoms with Gasteiger partial charge in [-0.1, -0.05) is 59.1 Å². The summed E-state index contributed by atoms with van der Waals surface area (Å²) >= 11 is 19.0. The van der Waals surface area contributed by atoms with Gasteiger partial charge in [-0.15, -0.1) is 0 Å². The SMILES string of the molecule is Cc1ccc(NC(=O)N2CCN(c3c(Cl)cncc3Cl)Cc3ccccc32)cc1Cl. The third-order valence-electron chi connectivity index (χ3n) is 5.05. The lowest BCUT2D eigenvalue weighted by Crippen LogP contribution is -2.39. The summed E-state index contributed by atoms with van der Waals surface area (Å²) < 4.78 is 0. The molecule has 2 amide bonds. The Morgan fingerprint density at radius 2 is 1.73 bits per heavy atom. The number of halogens is 3. The number of benzene rings is 2. The molecule has 1 N–H and O–H groups in total. The minimum Gasteiger partial charge on any atom is -0.363 e. The molecule has 0 unspecified atom stereocenters. The number of nitrogens with zero attached hydrogens (tertiary/aromatic N) is 3. The average molecular weight is 462 g/mol. The molecule has 1 aliphatic rings. The van der Waals surface area contributed by atoms with E-state index in [1.54, 1.807) is 23.4 Å². The Bertz CT molecular complexity index is 1090. The summed E-state index contributed by atoms with van der Waals surface area (Å²) in [6.07, 6.45) is 3.15. The van der Waals surface area contributed by atoms with Crippen molar-refractivity contribution >= 4 is 57.9 Å². The number of aromatic nitrogens is 1. The molecule has 0 spiro atoms. The smallest absolute Gasteiger partial charge is 0.326 e. The van der Waals surface area contributed by atoms with Crippen molar-refractivity contribution < 1.29 is 4.79 Å². The fourth-order valence-electron chi connectivity index (χ4n) is 3.50. The zero-order valence-corrected chi connectivity index (χ0v) is 18.5. The van der Waals surface area contributed by atoms with Gasteiger partial charge >= 0.3 is 6.03 Å². The molecule has 154 valence electrons. The summed E-state index contributed by atoms with van der Waals surface area (Å²) in [6, 6.07) is 13.1. The molecule has 0 fully saturated rings. The summed E-state index contributed by atoms with van der Waals surface area (Å²) in [7, 11) is 0. The summed E-state index contributed by atoms with van der Waals surface area (Å²) in [5.74, 6) is 0. The Balaban J connectivity index is 1.64. The molecule has 2 heterocycles. The van der Waals surface area contributed by atoms with Crippen LogP contribution in [-0.2, 0) is 6.54 Å². The first-order chi connectivity index (χ1) is 14.4. The normalized spacial score (nSPS) is 13.6. The van der Waals surface area contributed by atoms with E-state index in [2.05, 4.69) is 15.2 Å². The van der Waals surface area contributed by atoms with Crippen LogP contribution in [0.4, 0.5) is 21.9 Å². The van der Waals surface area contributed by atoms with Crippen molar-refractivity contribution in [1.29, 1.82) is 0 Å². The first kappa shape index (κ1) is 20.8. The number of hydrogen-bond acceptors (Lipinski definition) is 3. The third kappa shape index (κ3) is 4.19. The number of carbonyl (C=O) groups excluding carboxylic acids is 1. The predicted octanol–water partition coefficient (Wildman–Crippen LogP) is 6.41. The Labute approximate surface area is 190 Å². The predicted molar refractivity (Wildman–Crippen MR) is 124 cm³/mol. The zero-order chi connectivity index (χ0) is 21.3. The van der Waals surface area contributed by atoms with Crippen molar-refractivity contribution in [2.45, 2.75) is 13.5 Å². The van der Waals surface area contributed by atoms with Crippen molar-refractivity contribution in [2.75, 3.05) is 28.2 Å². The molecular formula is C22H19Cl3N4O. The maximum absolute atomic E-state index is 13.1. The Kier molecular flexibility index (Phi) is 6.04. The van der Waals surface area contributed by atoms with Gasteiger partial charge < -0.3 is 10.2 Å². The van der Waals surface area contributed by atoms with Gasteiger partial charge in [0.05, 0.1) is 21.4 Å². The molecule has 8 heteroatoms. The Hall–Kier alpha value is -2.47. The van der Waals surface area contributed by atoms with Crippen LogP contribution in [0.5, 0.6) is 0 Å². The van der Waals surface area contributed by atoms with Crippen molar-refractivity contribution in [2.24, 2.45) is 0 Å². The van der Waals surface area contributed by atoms with Crippen molar-refractivity contribution in [3.8, 4) is 0 Å². The summed E-state index contributed by atoms with van der Waals surface area (Å²) in [5, 5.41) is 4.51. The molecule has 0 saturated carbocycles. The van der Waals surface area contributed by atoms with E-state index in [9.17, 15) is 4.79 Å². The number of hydrogen-bond donors (Lipinski definition) is 1. The van der Waals surface area contributed by atoms with E-state index in [1.165, 1.54) is 0 Å². The number of pyridine rings is 1. The minimum atomic E-state index is -0.226. The highest BCUT2D eigenvalue weighted by molar-refractivity contribution is 6.38. The van der Waals surface area contributed by atoms with Gasteiger partial charge in [-0.2, -0.15) is 0 Å². The Morgan fingerprint density at radius 3 is 2.47 bits per heavy atom. The van der Waals surface area contributed by atoms with E-state index >= 15 is 0 Å². The van der Waals surface area contributed by atoms with Gasteiger partial charge in [0.1, 0.15) is 0 Å². The molecule has 0 atom stereocenters. The van der Waals surface area contributed by atoms with Crippen molar-refractivity contribution in [1.82, 2.24) is 4.98 Å². The second-order valence-corrected chi connectivity index (χ2v) is 8.27. The molecule has 0 aliphatic carbocycles. The lowest BCUT2D eigenvalue weighted by molar-refractivity contribution is 0.257. The highest BCUT2D eigenvalue weighted by Gasteiger charge is 2.26. The van der Waals surface area contributed by atoms with E-state index in [0.29, 0.717) is 40.4 Å². The number of fused-ring (bicyclic) bond motifs is 1. The molecule has 0 radical (unpaired) electrons. The number of amides is 2. The maximum Gasteiger partial charge on any atom is 0.326 e. The standard InChI is InChI=1S/C22H19Cl3N4O/c1-14-6-7-16(10-17(14)23)27-22(30)29-9-8-28(13-15-4-2-3-5-20(15)29)21-18(24)11-26-12-19(21)25/h2-7,10-12H,8-9,13H2,1H3,(H,27,30). The fourth-order valence-corrected chi connectivity index (χ4v) is 4.29. The second-order valence-electron chi connectivity index (χ2n) is 7.05. The van der Waals surface area contributed by atoms with Gasteiger partial charge in [-0.3, -0.25) is 9.88 Å². The van der Waals surface area contributed by atoms with Gasteiger partial charge in [-0.25, -0.2) is 4.79 Å². The van der Waals surface area contributed by atoms with Gasteiger partial charge in [0.25, 0.3) is 0 Å². The van der Waals surface area contributed by atoms with E-state index in [-0.39, 0.29) is 6.03 Å². The van der Waals surface area contributed by atoms with E-state index in [1.807, 2.05) is 43.3 Å². The summed E-state index contributed by atoms with van der Waals surface area (Å²) in [4.78, 5) is 21.0. The molecule has 1 aromatic heterocycles. The fraction of sp³-hybridized carbons (Fsp3) is 0.182. The van der Waals surface area contributed by atoms with Crippen LogP contribution in [0.2, 0.25) is 15.1 Å². The molecule has 5 nitrogen and oxygen atoms in total. The highest BCUT2D eigenvalue weighted by Crippen LogP contribution is 2.36. The number of rotatable bonds is 2. The van der Waals surface area contributed by atoms with Crippen LogP contribution in [0.1, 0.15) is 11.1 Å². The molecule has 0 saturated heterocycles. The van der Waals surface area contributed by atoms with Gasteiger partial charge in [0, 0.05) is 42.7 Å².